The summed E-state index contributed by atoms with van der Waals surface area (Å²) >= 11 is 1.59. The number of thiophene rings is 1. The molecular formula is C19H25FN2O2S. The van der Waals surface area contributed by atoms with Crippen LogP contribution in [-0.2, 0) is 16.1 Å². The third-order valence-corrected chi connectivity index (χ3v) is 4.92. The van der Waals surface area contributed by atoms with Gasteiger partial charge >= 0.3 is 0 Å². The minimum atomic E-state index is -0.242. The third kappa shape index (κ3) is 5.92. The van der Waals surface area contributed by atoms with E-state index in [4.69, 9.17) is 4.74 Å². The highest BCUT2D eigenvalue weighted by molar-refractivity contribution is 7.15. The normalized spacial score (nSPS) is 11.1. The van der Waals surface area contributed by atoms with Crippen molar-refractivity contribution in [1.82, 2.24) is 10.2 Å². The number of benzene rings is 1. The number of amides is 1. The molecule has 0 atom stereocenters. The second-order valence-corrected chi connectivity index (χ2v) is 7.23. The van der Waals surface area contributed by atoms with Gasteiger partial charge in [0, 0.05) is 29.5 Å². The molecule has 0 aliphatic carbocycles. The summed E-state index contributed by atoms with van der Waals surface area (Å²) in [5, 5.41) is 3.09. The Bertz CT molecular complexity index is 688. The van der Waals surface area contributed by atoms with E-state index in [9.17, 15) is 9.18 Å². The van der Waals surface area contributed by atoms with Gasteiger partial charge in [0.25, 0.3) is 0 Å². The quantitative estimate of drug-likeness (QED) is 0.692. The van der Waals surface area contributed by atoms with E-state index in [2.05, 4.69) is 5.32 Å². The lowest BCUT2D eigenvalue weighted by Crippen LogP contribution is -2.42. The van der Waals surface area contributed by atoms with Crippen molar-refractivity contribution in [1.29, 1.82) is 0 Å². The van der Waals surface area contributed by atoms with E-state index < -0.39 is 0 Å². The van der Waals surface area contributed by atoms with Crippen molar-refractivity contribution in [3.05, 3.63) is 47.1 Å². The van der Waals surface area contributed by atoms with Crippen LogP contribution in [0.4, 0.5) is 4.39 Å². The molecule has 0 radical (unpaired) electrons. The maximum atomic E-state index is 13.4. The highest BCUT2D eigenvalue weighted by Crippen LogP contribution is 2.29. The van der Waals surface area contributed by atoms with Crippen LogP contribution in [-0.4, -0.2) is 43.7 Å². The highest BCUT2D eigenvalue weighted by atomic mass is 32.1. The van der Waals surface area contributed by atoms with E-state index in [0.717, 1.165) is 15.3 Å². The number of nitrogens with one attached hydrogen (secondary N) is 1. The zero-order valence-corrected chi connectivity index (χ0v) is 15.7. The van der Waals surface area contributed by atoms with Gasteiger partial charge in [-0.2, -0.15) is 0 Å². The van der Waals surface area contributed by atoms with Crippen LogP contribution >= 0.6 is 11.3 Å². The largest absolute Gasteiger partial charge is 0.383 e. The average molecular weight is 364 g/mol. The smallest absolute Gasteiger partial charge is 0.237 e. The minimum Gasteiger partial charge on any atom is -0.383 e. The van der Waals surface area contributed by atoms with Crippen LogP contribution in [0, 0.1) is 5.82 Å². The molecular weight excluding hydrogens is 339 g/mol. The van der Waals surface area contributed by atoms with Gasteiger partial charge in [0.1, 0.15) is 5.82 Å². The van der Waals surface area contributed by atoms with Crippen molar-refractivity contribution >= 4 is 17.2 Å². The Labute approximate surface area is 152 Å². The Kier molecular flexibility index (Phi) is 7.55. The average Bonchev–Trinajstić information content (AvgIpc) is 3.05. The molecule has 0 saturated carbocycles. The van der Waals surface area contributed by atoms with Crippen molar-refractivity contribution in [3.8, 4) is 10.4 Å². The third-order valence-electron chi connectivity index (χ3n) is 3.80. The van der Waals surface area contributed by atoms with E-state index in [1.807, 2.05) is 36.9 Å². The monoisotopic (exact) mass is 364 g/mol. The van der Waals surface area contributed by atoms with Crippen LogP contribution in [0.3, 0.4) is 0 Å². The molecule has 136 valence electrons. The number of halogens is 1. The van der Waals surface area contributed by atoms with E-state index in [1.165, 1.54) is 12.1 Å². The van der Waals surface area contributed by atoms with Crippen LogP contribution in [0.5, 0.6) is 0 Å². The molecule has 1 aromatic heterocycles. The Morgan fingerprint density at radius 2 is 2.12 bits per heavy atom. The first-order chi connectivity index (χ1) is 12.0. The fourth-order valence-corrected chi connectivity index (χ4v) is 3.46. The Balaban J connectivity index is 2.01. The number of ether oxygens (including phenoxy) is 1. The Hall–Kier alpha value is -1.76. The molecule has 1 heterocycles. The van der Waals surface area contributed by atoms with Gasteiger partial charge in [-0.25, -0.2) is 4.39 Å². The molecule has 0 bridgehead atoms. The van der Waals surface area contributed by atoms with Gasteiger partial charge in [-0.3, -0.25) is 4.79 Å². The number of methoxy groups -OCH3 is 1. The number of hydrogen-bond acceptors (Lipinski definition) is 4. The fraction of sp³-hybridized carbons (Fsp3) is 0.421. The molecule has 0 aliphatic heterocycles. The molecule has 0 spiro atoms. The highest BCUT2D eigenvalue weighted by Gasteiger charge is 2.18. The Morgan fingerprint density at radius 1 is 1.32 bits per heavy atom. The number of hydrogen-bond donors (Lipinski definition) is 1. The van der Waals surface area contributed by atoms with Crippen molar-refractivity contribution in [3.63, 3.8) is 0 Å². The van der Waals surface area contributed by atoms with Gasteiger partial charge in [-0.05, 0) is 43.7 Å². The summed E-state index contributed by atoms with van der Waals surface area (Å²) < 4.78 is 18.4. The predicted molar refractivity (Wildman–Crippen MR) is 100 cm³/mol. The van der Waals surface area contributed by atoms with Crippen molar-refractivity contribution in [2.45, 2.75) is 26.4 Å². The van der Waals surface area contributed by atoms with Gasteiger partial charge in [0.15, 0.2) is 0 Å². The molecule has 1 aromatic carbocycles. The molecule has 0 saturated heterocycles. The zero-order chi connectivity index (χ0) is 18.2. The first-order valence-corrected chi connectivity index (χ1v) is 9.16. The second kappa shape index (κ2) is 9.65. The standard InChI is InChI=1S/C19H25FN2O2S/c1-14(2)22(19(23)12-21-9-10-24-3)13-17-7-8-18(25-17)15-5-4-6-16(20)11-15/h4-8,11,14,21H,9-10,12-13H2,1-3H3. The molecule has 6 heteroatoms. The van der Waals surface area contributed by atoms with Crippen LogP contribution in [0.15, 0.2) is 36.4 Å². The van der Waals surface area contributed by atoms with E-state index in [-0.39, 0.29) is 17.8 Å². The lowest BCUT2D eigenvalue weighted by molar-refractivity contribution is -0.132. The maximum absolute atomic E-state index is 13.4. The lowest BCUT2D eigenvalue weighted by Gasteiger charge is -2.26. The predicted octanol–water partition coefficient (Wildman–Crippen LogP) is 3.53. The van der Waals surface area contributed by atoms with Crippen LogP contribution in [0.1, 0.15) is 18.7 Å². The van der Waals surface area contributed by atoms with Gasteiger partial charge in [-0.1, -0.05) is 12.1 Å². The van der Waals surface area contributed by atoms with Crippen molar-refractivity contribution in [2.24, 2.45) is 0 Å². The number of carbonyl (C=O) groups excluding carboxylic acids is 1. The number of rotatable bonds is 9. The summed E-state index contributed by atoms with van der Waals surface area (Å²) in [5.74, 6) is -0.180. The summed E-state index contributed by atoms with van der Waals surface area (Å²) in [7, 11) is 1.64. The first kappa shape index (κ1) is 19.6. The molecule has 0 fully saturated rings. The summed E-state index contributed by atoms with van der Waals surface area (Å²) in [4.78, 5) is 16.4. The maximum Gasteiger partial charge on any atom is 0.237 e. The van der Waals surface area contributed by atoms with Crippen molar-refractivity contribution < 1.29 is 13.9 Å². The van der Waals surface area contributed by atoms with Gasteiger partial charge in [0.05, 0.1) is 19.7 Å². The lowest BCUT2D eigenvalue weighted by atomic mass is 10.2. The van der Waals surface area contributed by atoms with Crippen molar-refractivity contribution in [2.75, 3.05) is 26.8 Å². The molecule has 1 N–H and O–H groups in total. The molecule has 25 heavy (non-hydrogen) atoms. The number of nitrogens with zero attached hydrogens (tertiary/aromatic N) is 1. The van der Waals surface area contributed by atoms with Crippen LogP contribution < -0.4 is 5.32 Å². The van der Waals surface area contributed by atoms with Gasteiger partial charge < -0.3 is 15.0 Å². The number of carbonyl (C=O) groups is 1. The van der Waals surface area contributed by atoms with Gasteiger partial charge in [0.2, 0.25) is 5.91 Å². The molecule has 2 rings (SSSR count). The molecule has 0 aliphatic rings. The zero-order valence-electron chi connectivity index (χ0n) is 14.9. The van der Waals surface area contributed by atoms with Crippen LogP contribution in [0.25, 0.3) is 10.4 Å². The van der Waals surface area contributed by atoms with E-state index in [1.54, 1.807) is 24.5 Å². The van der Waals surface area contributed by atoms with Crippen LogP contribution in [0.2, 0.25) is 0 Å². The van der Waals surface area contributed by atoms with E-state index >= 15 is 0 Å². The first-order valence-electron chi connectivity index (χ1n) is 8.35. The summed E-state index contributed by atoms with van der Waals surface area (Å²) in [5.41, 5.74) is 0.861. The molecule has 0 unspecified atom stereocenters. The summed E-state index contributed by atoms with van der Waals surface area (Å²) in [6.07, 6.45) is 0. The summed E-state index contributed by atoms with van der Waals surface area (Å²) in [6, 6.07) is 10.7. The SMILES string of the molecule is COCCNCC(=O)N(Cc1ccc(-c2cccc(F)c2)s1)C(C)C. The molecule has 2 aromatic rings. The fourth-order valence-electron chi connectivity index (χ4n) is 2.46. The topological polar surface area (TPSA) is 41.6 Å². The van der Waals surface area contributed by atoms with Gasteiger partial charge in [-0.15, -0.1) is 11.3 Å². The molecule has 1 amide bonds. The second-order valence-electron chi connectivity index (χ2n) is 6.06. The molecule has 4 nitrogen and oxygen atoms in total. The summed E-state index contributed by atoms with van der Waals surface area (Å²) in [6.45, 7) is 6.10. The van der Waals surface area contributed by atoms with E-state index in [0.29, 0.717) is 26.2 Å². The minimum absolute atomic E-state index is 0.0619. The Morgan fingerprint density at radius 3 is 2.80 bits per heavy atom.